The molecule has 0 fully saturated rings. The van der Waals surface area contributed by atoms with Gasteiger partial charge in [-0.15, -0.1) is 11.3 Å². The van der Waals surface area contributed by atoms with Gasteiger partial charge in [0.05, 0.1) is 13.0 Å². The van der Waals surface area contributed by atoms with Crippen molar-refractivity contribution in [2.24, 2.45) is 5.73 Å². The summed E-state index contributed by atoms with van der Waals surface area (Å²) in [7, 11) is 0. The second-order valence-electron chi connectivity index (χ2n) is 2.96. The number of carbonyl (C=O) groups is 3. The van der Waals surface area contributed by atoms with Crippen LogP contribution in [0.5, 0.6) is 5.75 Å². The third-order valence-electron chi connectivity index (χ3n) is 1.65. The molecule has 0 aromatic carbocycles. The molecule has 0 saturated carbocycles. The number of aromatic carboxylic acids is 1. The molecule has 7 nitrogen and oxygen atoms in total. The lowest BCUT2D eigenvalue weighted by Crippen LogP contribution is -2.35. The summed E-state index contributed by atoms with van der Waals surface area (Å²) in [6, 6.07) is 0.442. The number of carbonyl (C=O) groups excluding carboxylic acids is 2. The minimum Gasteiger partial charge on any atom is -0.492 e. The minimum atomic E-state index is -1.03. The van der Waals surface area contributed by atoms with E-state index < -0.39 is 17.9 Å². The number of nitrogens with one attached hydrogen (secondary N) is 1. The Morgan fingerprint density at radius 1 is 1.47 bits per heavy atom. The van der Waals surface area contributed by atoms with Crippen LogP contribution in [0.2, 0.25) is 0 Å². The molecule has 8 heteroatoms. The SMILES string of the molecule is NC(=O)NC(=O)CCOc1csc(C(=O)O)c1. The van der Waals surface area contributed by atoms with Gasteiger partial charge < -0.3 is 15.6 Å². The van der Waals surface area contributed by atoms with Gasteiger partial charge in [0.2, 0.25) is 5.91 Å². The second kappa shape index (κ2) is 5.85. The standard InChI is InChI=1S/C9H10N2O5S/c10-9(15)11-7(12)1-2-16-5-3-6(8(13)14)17-4-5/h3-4H,1-2H2,(H,13,14)(H3,10,11,12,15). The molecule has 4 N–H and O–H groups in total. The molecule has 1 heterocycles. The molecule has 0 saturated heterocycles. The molecule has 3 amide bonds. The summed E-state index contributed by atoms with van der Waals surface area (Å²) in [6.45, 7) is 0.0366. The highest BCUT2D eigenvalue weighted by atomic mass is 32.1. The van der Waals surface area contributed by atoms with Crippen molar-refractivity contribution in [3.63, 3.8) is 0 Å². The molecule has 1 rings (SSSR count). The number of amides is 3. The van der Waals surface area contributed by atoms with Crippen molar-refractivity contribution in [2.45, 2.75) is 6.42 Å². The normalized spacial score (nSPS) is 9.65. The van der Waals surface area contributed by atoms with Gasteiger partial charge in [-0.05, 0) is 0 Å². The summed E-state index contributed by atoms with van der Waals surface area (Å²) in [4.78, 5) is 32.0. The molecule has 0 bridgehead atoms. The van der Waals surface area contributed by atoms with Gasteiger partial charge in [0, 0.05) is 11.4 Å². The molecule has 0 atom stereocenters. The first-order valence-corrected chi connectivity index (χ1v) is 5.41. The first-order valence-electron chi connectivity index (χ1n) is 4.53. The molecule has 0 radical (unpaired) electrons. The van der Waals surface area contributed by atoms with E-state index in [1.54, 1.807) is 0 Å². The van der Waals surface area contributed by atoms with E-state index in [-0.39, 0.29) is 17.9 Å². The number of carboxylic acid groups (broad SMARTS) is 1. The van der Waals surface area contributed by atoms with Crippen LogP contribution in [0.15, 0.2) is 11.4 Å². The van der Waals surface area contributed by atoms with Gasteiger partial charge in [0.1, 0.15) is 10.6 Å². The van der Waals surface area contributed by atoms with Gasteiger partial charge in [0.25, 0.3) is 0 Å². The molecule has 0 aliphatic carbocycles. The molecule has 0 spiro atoms. The first kappa shape index (κ1) is 13.0. The molecular weight excluding hydrogens is 248 g/mol. The molecule has 0 aliphatic heterocycles. The van der Waals surface area contributed by atoms with Crippen molar-refractivity contribution in [2.75, 3.05) is 6.61 Å². The number of primary amides is 1. The highest BCUT2D eigenvalue weighted by molar-refractivity contribution is 7.12. The Morgan fingerprint density at radius 2 is 2.18 bits per heavy atom. The summed E-state index contributed by atoms with van der Waals surface area (Å²) in [6.07, 6.45) is -0.0405. The highest BCUT2D eigenvalue weighted by Gasteiger charge is 2.08. The van der Waals surface area contributed by atoms with Crippen LogP contribution in [0.4, 0.5) is 4.79 Å². The van der Waals surface area contributed by atoms with E-state index in [4.69, 9.17) is 15.6 Å². The monoisotopic (exact) mass is 258 g/mol. The number of imide groups is 1. The molecule has 0 unspecified atom stereocenters. The van der Waals surface area contributed by atoms with Crippen LogP contribution in [-0.4, -0.2) is 29.6 Å². The fraction of sp³-hybridized carbons (Fsp3) is 0.222. The second-order valence-corrected chi connectivity index (χ2v) is 3.87. The number of ether oxygens (including phenoxy) is 1. The molecular formula is C9H10N2O5S. The Morgan fingerprint density at radius 3 is 2.71 bits per heavy atom. The zero-order chi connectivity index (χ0) is 12.8. The van der Waals surface area contributed by atoms with E-state index in [1.807, 2.05) is 5.32 Å². The largest absolute Gasteiger partial charge is 0.492 e. The molecule has 1 aromatic heterocycles. The zero-order valence-corrected chi connectivity index (χ0v) is 9.45. The molecule has 92 valence electrons. The van der Waals surface area contributed by atoms with Crippen molar-refractivity contribution in [1.29, 1.82) is 0 Å². The summed E-state index contributed by atoms with van der Waals surface area (Å²) in [5.41, 5.74) is 4.74. The van der Waals surface area contributed by atoms with Crippen LogP contribution in [0, 0.1) is 0 Å². The van der Waals surface area contributed by atoms with Crippen molar-refractivity contribution in [1.82, 2.24) is 5.32 Å². The van der Waals surface area contributed by atoms with E-state index in [2.05, 4.69) is 0 Å². The van der Waals surface area contributed by atoms with Crippen molar-refractivity contribution >= 4 is 29.2 Å². The van der Waals surface area contributed by atoms with Gasteiger partial charge in [-0.2, -0.15) is 0 Å². The van der Waals surface area contributed by atoms with Crippen LogP contribution < -0.4 is 15.8 Å². The predicted octanol–water partition coefficient (Wildman–Crippen LogP) is 0.410. The fourth-order valence-corrected chi connectivity index (χ4v) is 1.63. The highest BCUT2D eigenvalue weighted by Crippen LogP contribution is 2.21. The third-order valence-corrected chi connectivity index (χ3v) is 2.54. The summed E-state index contributed by atoms with van der Waals surface area (Å²) >= 11 is 1.03. The molecule has 17 heavy (non-hydrogen) atoms. The lowest BCUT2D eigenvalue weighted by Gasteiger charge is -2.02. The Kier molecular flexibility index (Phi) is 4.46. The number of hydrogen-bond acceptors (Lipinski definition) is 5. The topological polar surface area (TPSA) is 119 Å². The predicted molar refractivity (Wildman–Crippen MR) is 59.1 cm³/mol. The van der Waals surface area contributed by atoms with E-state index in [0.29, 0.717) is 5.75 Å². The number of carboxylic acids is 1. The molecule has 1 aromatic rings. The average Bonchev–Trinajstić information content (AvgIpc) is 2.65. The Bertz CT molecular complexity index is 442. The van der Waals surface area contributed by atoms with Crippen molar-refractivity contribution in [3.05, 3.63) is 16.3 Å². The number of rotatable bonds is 5. The number of hydrogen-bond donors (Lipinski definition) is 3. The summed E-state index contributed by atoms with van der Waals surface area (Å²) < 4.78 is 5.12. The third kappa shape index (κ3) is 4.51. The van der Waals surface area contributed by atoms with Gasteiger partial charge in [-0.1, -0.05) is 0 Å². The van der Waals surface area contributed by atoms with Crippen LogP contribution in [0.3, 0.4) is 0 Å². The van der Waals surface area contributed by atoms with Gasteiger partial charge in [-0.25, -0.2) is 9.59 Å². The van der Waals surface area contributed by atoms with Crippen LogP contribution >= 0.6 is 11.3 Å². The number of nitrogens with two attached hydrogens (primary N) is 1. The van der Waals surface area contributed by atoms with Crippen molar-refractivity contribution in [3.8, 4) is 5.75 Å². The Labute approximate surface area is 100 Å². The maximum absolute atomic E-state index is 11.0. The van der Waals surface area contributed by atoms with E-state index >= 15 is 0 Å². The quantitative estimate of drug-likeness (QED) is 0.706. The van der Waals surface area contributed by atoms with Crippen LogP contribution in [0.25, 0.3) is 0 Å². The van der Waals surface area contributed by atoms with Crippen LogP contribution in [0.1, 0.15) is 16.1 Å². The van der Waals surface area contributed by atoms with Gasteiger partial charge in [0.15, 0.2) is 0 Å². The first-order chi connectivity index (χ1) is 7.99. The van der Waals surface area contributed by atoms with Gasteiger partial charge in [-0.3, -0.25) is 10.1 Å². The lowest BCUT2D eigenvalue weighted by atomic mass is 10.4. The maximum Gasteiger partial charge on any atom is 0.346 e. The van der Waals surface area contributed by atoms with E-state index in [1.165, 1.54) is 11.4 Å². The summed E-state index contributed by atoms with van der Waals surface area (Å²) in [5, 5.41) is 12.1. The number of urea groups is 1. The smallest absolute Gasteiger partial charge is 0.346 e. The van der Waals surface area contributed by atoms with E-state index in [9.17, 15) is 14.4 Å². The fourth-order valence-electron chi connectivity index (χ4n) is 0.968. The minimum absolute atomic E-state index is 0.0366. The average molecular weight is 258 g/mol. The summed E-state index contributed by atoms with van der Waals surface area (Å²) in [5.74, 6) is -1.21. The Balaban J connectivity index is 2.33. The molecule has 0 aliphatic rings. The Hall–Kier alpha value is -2.09. The zero-order valence-electron chi connectivity index (χ0n) is 8.63. The lowest BCUT2D eigenvalue weighted by molar-refractivity contribution is -0.120. The van der Waals surface area contributed by atoms with Gasteiger partial charge >= 0.3 is 12.0 Å². The maximum atomic E-state index is 11.0. The van der Waals surface area contributed by atoms with Crippen molar-refractivity contribution < 1.29 is 24.2 Å². The number of thiophene rings is 1. The van der Waals surface area contributed by atoms with E-state index in [0.717, 1.165) is 11.3 Å². The van der Waals surface area contributed by atoms with Crippen LogP contribution in [-0.2, 0) is 4.79 Å².